The number of amides is 1. The summed E-state index contributed by atoms with van der Waals surface area (Å²) in [5, 5.41) is 0. The zero-order valence-corrected chi connectivity index (χ0v) is 5.05. The van der Waals surface area contributed by atoms with Gasteiger partial charge in [-0.05, 0) is 13.0 Å². The Morgan fingerprint density at radius 3 is 2.38 bits per heavy atom. The molecule has 0 unspecified atom stereocenters. The maximum Gasteiger partial charge on any atom is 0.220 e. The molecule has 0 aromatic rings. The number of hydrogen-bond donors (Lipinski definition) is 2. The predicted octanol–water partition coefficient (Wildman–Crippen LogP) is -0.543. The van der Waals surface area contributed by atoms with Crippen molar-refractivity contribution in [3.8, 4) is 0 Å². The summed E-state index contributed by atoms with van der Waals surface area (Å²) in [7, 11) is 0. The highest BCUT2D eigenvalue weighted by molar-refractivity contribution is 5.76. The Bertz CT molecular complexity index is 82.5. The summed E-state index contributed by atoms with van der Waals surface area (Å²) < 4.78 is 0. The van der Waals surface area contributed by atoms with Crippen molar-refractivity contribution in [2.24, 2.45) is 17.4 Å². The van der Waals surface area contributed by atoms with Crippen LogP contribution in [0, 0.1) is 5.92 Å². The summed E-state index contributed by atoms with van der Waals surface area (Å²) in [4.78, 5) is 10.3. The van der Waals surface area contributed by atoms with Gasteiger partial charge in [0.15, 0.2) is 0 Å². The predicted molar refractivity (Wildman–Crippen MR) is 32.0 cm³/mol. The van der Waals surface area contributed by atoms with E-state index in [1.54, 1.807) is 6.92 Å². The van der Waals surface area contributed by atoms with Gasteiger partial charge in [0.1, 0.15) is 0 Å². The summed E-state index contributed by atoms with van der Waals surface area (Å²) in [6.07, 6.45) is 0.690. The molecule has 8 heavy (non-hydrogen) atoms. The summed E-state index contributed by atoms with van der Waals surface area (Å²) in [5.74, 6) is -0.338. The van der Waals surface area contributed by atoms with Crippen molar-refractivity contribution in [3.05, 3.63) is 0 Å². The van der Waals surface area contributed by atoms with Crippen LogP contribution in [0.1, 0.15) is 13.3 Å². The molecule has 0 aliphatic carbocycles. The van der Waals surface area contributed by atoms with Crippen molar-refractivity contribution in [1.29, 1.82) is 0 Å². The molecule has 0 heterocycles. The fraction of sp³-hybridized carbons (Fsp3) is 0.800. The molecule has 48 valence electrons. The van der Waals surface area contributed by atoms with E-state index in [1.165, 1.54) is 0 Å². The fourth-order valence-electron chi connectivity index (χ4n) is 0.392. The molecule has 4 N–H and O–H groups in total. The number of primary amides is 1. The molecule has 0 radical (unpaired) electrons. The lowest BCUT2D eigenvalue weighted by Gasteiger charge is -2.01. The quantitative estimate of drug-likeness (QED) is 0.519. The summed E-state index contributed by atoms with van der Waals surface area (Å²) in [5.41, 5.74) is 10.1. The minimum Gasteiger partial charge on any atom is -0.369 e. The first-order valence-corrected chi connectivity index (χ1v) is 2.68. The van der Waals surface area contributed by atoms with E-state index in [2.05, 4.69) is 0 Å². The van der Waals surface area contributed by atoms with Crippen LogP contribution in [0.15, 0.2) is 0 Å². The number of hydrogen-bond acceptors (Lipinski definition) is 2. The summed E-state index contributed by atoms with van der Waals surface area (Å²) in [6.45, 7) is 2.30. The lowest BCUT2D eigenvalue weighted by molar-refractivity contribution is -0.121. The smallest absolute Gasteiger partial charge is 0.220 e. The molecule has 3 nitrogen and oxygen atoms in total. The fourth-order valence-corrected chi connectivity index (χ4v) is 0.392. The first kappa shape index (κ1) is 7.43. The van der Waals surface area contributed by atoms with Crippen LogP contribution in [0.3, 0.4) is 0 Å². The molecule has 0 aromatic carbocycles. The molecular formula is C5H12N2O. The van der Waals surface area contributed by atoms with Gasteiger partial charge in [-0.25, -0.2) is 0 Å². The maximum atomic E-state index is 10.3. The normalized spacial score (nSPS) is 13.2. The van der Waals surface area contributed by atoms with Crippen LogP contribution in [0.5, 0.6) is 0 Å². The standard InChI is InChI=1S/C5H12N2O/c1-4(2-3-6)5(7)8/h4H,2-3,6H2,1H3,(H2,7,8)/t4-/m1/s1. The van der Waals surface area contributed by atoms with E-state index in [1.807, 2.05) is 0 Å². The molecule has 0 bridgehead atoms. The zero-order chi connectivity index (χ0) is 6.57. The maximum absolute atomic E-state index is 10.3. The third kappa shape index (κ3) is 2.58. The van der Waals surface area contributed by atoms with E-state index < -0.39 is 0 Å². The van der Waals surface area contributed by atoms with E-state index in [0.29, 0.717) is 13.0 Å². The highest BCUT2D eigenvalue weighted by Crippen LogP contribution is 1.95. The van der Waals surface area contributed by atoms with Crippen LogP contribution in [-0.2, 0) is 4.79 Å². The van der Waals surface area contributed by atoms with Gasteiger partial charge in [-0.2, -0.15) is 0 Å². The van der Waals surface area contributed by atoms with E-state index in [4.69, 9.17) is 11.5 Å². The van der Waals surface area contributed by atoms with Crippen molar-refractivity contribution in [2.75, 3.05) is 6.54 Å². The Kier molecular flexibility index (Phi) is 3.19. The number of carbonyl (C=O) groups is 1. The van der Waals surface area contributed by atoms with Gasteiger partial charge in [0.2, 0.25) is 5.91 Å². The highest BCUT2D eigenvalue weighted by Gasteiger charge is 2.04. The van der Waals surface area contributed by atoms with Gasteiger partial charge in [0, 0.05) is 5.92 Å². The van der Waals surface area contributed by atoms with Gasteiger partial charge < -0.3 is 11.5 Å². The summed E-state index contributed by atoms with van der Waals surface area (Å²) >= 11 is 0. The Hall–Kier alpha value is -0.570. The second kappa shape index (κ2) is 3.43. The molecule has 0 aromatic heterocycles. The number of nitrogens with two attached hydrogens (primary N) is 2. The molecule has 0 saturated heterocycles. The summed E-state index contributed by atoms with van der Waals surface area (Å²) in [6, 6.07) is 0. The molecule has 0 fully saturated rings. The average molecular weight is 116 g/mol. The molecule has 0 saturated carbocycles. The topological polar surface area (TPSA) is 69.1 Å². The lowest BCUT2D eigenvalue weighted by atomic mass is 10.1. The SMILES string of the molecule is C[C@H](CCN)C(N)=O. The van der Waals surface area contributed by atoms with Crippen molar-refractivity contribution in [2.45, 2.75) is 13.3 Å². The van der Waals surface area contributed by atoms with Crippen LogP contribution in [-0.4, -0.2) is 12.5 Å². The van der Waals surface area contributed by atoms with Crippen LogP contribution < -0.4 is 11.5 Å². The van der Waals surface area contributed by atoms with Gasteiger partial charge >= 0.3 is 0 Å². The van der Waals surface area contributed by atoms with Crippen molar-refractivity contribution in [1.82, 2.24) is 0 Å². The monoisotopic (exact) mass is 116 g/mol. The van der Waals surface area contributed by atoms with E-state index in [-0.39, 0.29) is 11.8 Å². The molecule has 0 spiro atoms. The molecule has 3 heteroatoms. The third-order valence-electron chi connectivity index (χ3n) is 1.09. The van der Waals surface area contributed by atoms with E-state index in [0.717, 1.165) is 0 Å². The first-order valence-electron chi connectivity index (χ1n) is 2.68. The van der Waals surface area contributed by atoms with Gasteiger partial charge in [-0.15, -0.1) is 0 Å². The number of carbonyl (C=O) groups excluding carboxylic acids is 1. The zero-order valence-electron chi connectivity index (χ0n) is 5.05. The third-order valence-corrected chi connectivity index (χ3v) is 1.09. The van der Waals surface area contributed by atoms with Crippen LogP contribution >= 0.6 is 0 Å². The van der Waals surface area contributed by atoms with Gasteiger partial charge in [-0.1, -0.05) is 6.92 Å². The number of rotatable bonds is 3. The minimum absolute atomic E-state index is 0.0694. The second-order valence-corrected chi connectivity index (χ2v) is 1.88. The first-order chi connectivity index (χ1) is 3.68. The van der Waals surface area contributed by atoms with Crippen LogP contribution in [0.4, 0.5) is 0 Å². The van der Waals surface area contributed by atoms with Crippen LogP contribution in [0.2, 0.25) is 0 Å². The molecule has 0 aliphatic rings. The second-order valence-electron chi connectivity index (χ2n) is 1.88. The average Bonchev–Trinajstić information content (AvgIpc) is 1.67. The largest absolute Gasteiger partial charge is 0.369 e. The Labute approximate surface area is 49.0 Å². The van der Waals surface area contributed by atoms with Crippen LogP contribution in [0.25, 0.3) is 0 Å². The minimum atomic E-state index is -0.268. The van der Waals surface area contributed by atoms with Gasteiger partial charge in [0.05, 0.1) is 0 Å². The van der Waals surface area contributed by atoms with Crippen molar-refractivity contribution >= 4 is 5.91 Å². The van der Waals surface area contributed by atoms with E-state index in [9.17, 15) is 4.79 Å². The van der Waals surface area contributed by atoms with E-state index >= 15 is 0 Å². The molecular weight excluding hydrogens is 104 g/mol. The molecule has 1 amide bonds. The highest BCUT2D eigenvalue weighted by atomic mass is 16.1. The Morgan fingerprint density at radius 2 is 2.25 bits per heavy atom. The Balaban J connectivity index is 3.32. The molecule has 1 atom stereocenters. The van der Waals surface area contributed by atoms with Gasteiger partial charge in [-0.3, -0.25) is 4.79 Å². The molecule has 0 rings (SSSR count). The van der Waals surface area contributed by atoms with Crippen molar-refractivity contribution in [3.63, 3.8) is 0 Å². The molecule has 0 aliphatic heterocycles. The Morgan fingerprint density at radius 1 is 1.75 bits per heavy atom. The van der Waals surface area contributed by atoms with Gasteiger partial charge in [0.25, 0.3) is 0 Å². The lowest BCUT2D eigenvalue weighted by Crippen LogP contribution is -2.22. The van der Waals surface area contributed by atoms with Crippen molar-refractivity contribution < 1.29 is 4.79 Å².